The third-order valence-corrected chi connectivity index (χ3v) is 1.84. The van der Waals surface area contributed by atoms with Crippen LogP contribution in [0.1, 0.15) is 18.4 Å². The van der Waals surface area contributed by atoms with Gasteiger partial charge in [-0.1, -0.05) is 0 Å². The molecule has 0 unspecified atom stereocenters. The van der Waals surface area contributed by atoms with E-state index in [4.69, 9.17) is 0 Å². The van der Waals surface area contributed by atoms with Gasteiger partial charge in [0, 0.05) is 12.4 Å². The first-order valence-electron chi connectivity index (χ1n) is 4.14. The Morgan fingerprint density at radius 1 is 1.46 bits per heavy atom. The highest BCUT2D eigenvalue weighted by Crippen LogP contribution is 2.36. The highest BCUT2D eigenvalue weighted by molar-refractivity contribution is 5.12. The first kappa shape index (κ1) is 8.56. The maximum absolute atomic E-state index is 13.2. The quantitative estimate of drug-likeness (QED) is 0.720. The van der Waals surface area contributed by atoms with Crippen LogP contribution >= 0.6 is 0 Å². The van der Waals surface area contributed by atoms with Crippen LogP contribution in [0.25, 0.3) is 0 Å². The van der Waals surface area contributed by atoms with Gasteiger partial charge < -0.3 is 4.74 Å². The van der Waals surface area contributed by atoms with Crippen LogP contribution in [-0.2, 0) is 10.8 Å². The van der Waals surface area contributed by atoms with E-state index in [9.17, 15) is 8.78 Å². The summed E-state index contributed by atoms with van der Waals surface area (Å²) >= 11 is 0. The molecular formula is C9H9F2NO. The maximum Gasteiger partial charge on any atom is 0.385 e. The third kappa shape index (κ3) is 2.01. The summed E-state index contributed by atoms with van der Waals surface area (Å²) in [5.74, 6) is 0. The minimum atomic E-state index is -3.19. The van der Waals surface area contributed by atoms with E-state index >= 15 is 0 Å². The Bertz CT molecular complexity index is 285. The second-order valence-electron chi connectivity index (χ2n) is 3.08. The van der Waals surface area contributed by atoms with Crippen molar-refractivity contribution in [3.05, 3.63) is 30.1 Å². The molecule has 4 heteroatoms. The second-order valence-corrected chi connectivity index (χ2v) is 3.08. The van der Waals surface area contributed by atoms with Crippen molar-refractivity contribution in [3.63, 3.8) is 0 Å². The summed E-state index contributed by atoms with van der Waals surface area (Å²) in [6.45, 7) is 0. The van der Waals surface area contributed by atoms with Gasteiger partial charge in [-0.3, -0.25) is 4.98 Å². The van der Waals surface area contributed by atoms with Gasteiger partial charge in [0.1, 0.15) is 0 Å². The smallest absolute Gasteiger partial charge is 0.313 e. The molecule has 1 aromatic rings. The van der Waals surface area contributed by atoms with Gasteiger partial charge in [-0.05, 0) is 25.0 Å². The zero-order valence-electron chi connectivity index (χ0n) is 6.91. The van der Waals surface area contributed by atoms with Crippen LogP contribution < -0.4 is 0 Å². The predicted octanol–water partition coefficient (Wildman–Crippen LogP) is 2.31. The lowest BCUT2D eigenvalue weighted by Crippen LogP contribution is -2.19. The molecule has 2 nitrogen and oxygen atoms in total. The summed E-state index contributed by atoms with van der Waals surface area (Å²) in [5.41, 5.74) is -0.179. The Hall–Kier alpha value is -1.03. The van der Waals surface area contributed by atoms with Gasteiger partial charge in [0.2, 0.25) is 0 Å². The zero-order valence-corrected chi connectivity index (χ0v) is 6.91. The molecule has 0 aliphatic heterocycles. The fraction of sp³-hybridized carbons (Fsp3) is 0.444. The molecule has 70 valence electrons. The molecule has 1 heterocycles. The minimum absolute atomic E-state index is 0.179. The maximum atomic E-state index is 13.2. The Morgan fingerprint density at radius 2 is 2.23 bits per heavy atom. The molecule has 1 aliphatic rings. The Labute approximate surface area is 74.5 Å². The topological polar surface area (TPSA) is 22.1 Å². The molecule has 1 aromatic heterocycles. The van der Waals surface area contributed by atoms with Gasteiger partial charge in [0.05, 0.1) is 11.7 Å². The average Bonchev–Trinajstić information content (AvgIpc) is 2.89. The summed E-state index contributed by atoms with van der Waals surface area (Å²) in [7, 11) is 0. The SMILES string of the molecule is FC(F)(OC1CC1)c1cccnc1. The number of hydrogen-bond acceptors (Lipinski definition) is 2. The Balaban J connectivity index is 2.12. The fourth-order valence-corrected chi connectivity index (χ4v) is 0.998. The average molecular weight is 185 g/mol. The van der Waals surface area contributed by atoms with E-state index in [1.165, 1.54) is 18.3 Å². The summed E-state index contributed by atoms with van der Waals surface area (Å²) in [6.07, 6.45) is 0.593. The van der Waals surface area contributed by atoms with E-state index in [1.54, 1.807) is 0 Å². The summed E-state index contributed by atoms with van der Waals surface area (Å²) < 4.78 is 30.9. The lowest BCUT2D eigenvalue weighted by Gasteiger charge is -2.15. The van der Waals surface area contributed by atoms with Gasteiger partial charge in [-0.15, -0.1) is 0 Å². The van der Waals surface area contributed by atoms with Crippen molar-refractivity contribution < 1.29 is 13.5 Å². The van der Waals surface area contributed by atoms with E-state index in [-0.39, 0.29) is 11.7 Å². The largest absolute Gasteiger partial charge is 0.385 e. The lowest BCUT2D eigenvalue weighted by molar-refractivity contribution is -0.255. The molecule has 0 amide bonds. The second kappa shape index (κ2) is 3.03. The van der Waals surface area contributed by atoms with Gasteiger partial charge in [0.25, 0.3) is 0 Å². The van der Waals surface area contributed by atoms with E-state index < -0.39 is 6.11 Å². The molecule has 1 fully saturated rings. The van der Waals surface area contributed by atoms with Gasteiger partial charge >= 0.3 is 6.11 Å². The number of pyridine rings is 1. The highest BCUT2D eigenvalue weighted by atomic mass is 19.3. The standard InChI is InChI=1S/C9H9F2NO/c10-9(11,13-8-3-4-8)7-2-1-5-12-6-7/h1-2,5-6,8H,3-4H2. The van der Waals surface area contributed by atoms with Crippen LogP contribution in [0.3, 0.4) is 0 Å². The van der Waals surface area contributed by atoms with Crippen molar-refractivity contribution in [2.24, 2.45) is 0 Å². The van der Waals surface area contributed by atoms with Crippen molar-refractivity contribution >= 4 is 0 Å². The van der Waals surface area contributed by atoms with Crippen molar-refractivity contribution in [2.45, 2.75) is 25.1 Å². The number of halogens is 2. The van der Waals surface area contributed by atoms with Crippen LogP contribution in [0.15, 0.2) is 24.5 Å². The molecular weight excluding hydrogens is 176 g/mol. The summed E-state index contributed by atoms with van der Waals surface area (Å²) in [4.78, 5) is 3.62. The molecule has 2 rings (SSSR count). The van der Waals surface area contributed by atoms with Gasteiger partial charge in [-0.25, -0.2) is 0 Å². The van der Waals surface area contributed by atoms with Crippen molar-refractivity contribution in [3.8, 4) is 0 Å². The molecule has 0 aromatic carbocycles. The molecule has 0 saturated heterocycles. The predicted molar refractivity (Wildman–Crippen MR) is 42.2 cm³/mol. The number of ether oxygens (including phenoxy) is 1. The van der Waals surface area contributed by atoms with E-state index in [0.29, 0.717) is 0 Å². The first-order valence-corrected chi connectivity index (χ1v) is 4.14. The van der Waals surface area contributed by atoms with Crippen LogP contribution in [0.5, 0.6) is 0 Å². The molecule has 0 bridgehead atoms. The van der Waals surface area contributed by atoms with Gasteiger partial charge in [-0.2, -0.15) is 8.78 Å². The van der Waals surface area contributed by atoms with E-state index in [2.05, 4.69) is 9.72 Å². The number of alkyl halides is 2. The van der Waals surface area contributed by atoms with Crippen molar-refractivity contribution in [2.75, 3.05) is 0 Å². The number of aromatic nitrogens is 1. The number of rotatable bonds is 3. The van der Waals surface area contributed by atoms with E-state index in [0.717, 1.165) is 19.0 Å². The van der Waals surface area contributed by atoms with Crippen LogP contribution in [-0.4, -0.2) is 11.1 Å². The summed E-state index contributed by atoms with van der Waals surface area (Å²) in [5, 5.41) is 0. The van der Waals surface area contributed by atoms with Crippen molar-refractivity contribution in [1.82, 2.24) is 4.98 Å². The fourth-order valence-electron chi connectivity index (χ4n) is 0.998. The molecule has 1 aliphatic carbocycles. The molecule has 0 atom stereocenters. The van der Waals surface area contributed by atoms with Crippen LogP contribution in [0.2, 0.25) is 0 Å². The molecule has 0 N–H and O–H groups in total. The zero-order chi connectivity index (χ0) is 9.31. The normalized spacial score (nSPS) is 17.4. The number of hydrogen-bond donors (Lipinski definition) is 0. The Kier molecular flexibility index (Phi) is 2.00. The summed E-state index contributed by atoms with van der Waals surface area (Å²) in [6, 6.07) is 2.79. The Morgan fingerprint density at radius 3 is 2.77 bits per heavy atom. The first-order chi connectivity index (χ1) is 6.18. The van der Waals surface area contributed by atoms with Crippen molar-refractivity contribution in [1.29, 1.82) is 0 Å². The van der Waals surface area contributed by atoms with Crippen LogP contribution in [0, 0.1) is 0 Å². The minimum Gasteiger partial charge on any atom is -0.313 e. The van der Waals surface area contributed by atoms with E-state index in [1.807, 2.05) is 0 Å². The molecule has 1 saturated carbocycles. The monoisotopic (exact) mass is 185 g/mol. The molecule has 13 heavy (non-hydrogen) atoms. The lowest BCUT2D eigenvalue weighted by atomic mass is 10.3. The molecule has 0 spiro atoms. The molecule has 0 radical (unpaired) electrons. The third-order valence-electron chi connectivity index (χ3n) is 1.84. The van der Waals surface area contributed by atoms with Crippen LogP contribution in [0.4, 0.5) is 8.78 Å². The number of nitrogens with zero attached hydrogens (tertiary/aromatic N) is 1. The highest BCUT2D eigenvalue weighted by Gasteiger charge is 2.39. The van der Waals surface area contributed by atoms with Gasteiger partial charge in [0.15, 0.2) is 0 Å².